The van der Waals surface area contributed by atoms with Crippen molar-refractivity contribution < 1.29 is 23.6 Å². The van der Waals surface area contributed by atoms with Crippen LogP contribution in [0.2, 0.25) is 0 Å². The number of esters is 1. The highest BCUT2D eigenvalue weighted by molar-refractivity contribution is 5.88. The number of nitro benzene ring substituents is 1. The monoisotopic (exact) mass is 263 g/mol. The Morgan fingerprint density at radius 2 is 2.11 bits per heavy atom. The summed E-state index contributed by atoms with van der Waals surface area (Å²) in [6.45, 7) is 0. The van der Waals surface area contributed by atoms with Gasteiger partial charge in [0.1, 0.15) is 0 Å². The van der Waals surface area contributed by atoms with Crippen LogP contribution in [0.1, 0.15) is 10.6 Å². The molecule has 0 spiro atoms. The predicted molar refractivity (Wildman–Crippen MR) is 63.3 cm³/mol. The van der Waals surface area contributed by atoms with Crippen molar-refractivity contribution in [1.29, 1.82) is 0 Å². The van der Waals surface area contributed by atoms with Crippen LogP contribution < -0.4 is 9.47 Å². The van der Waals surface area contributed by atoms with Crippen LogP contribution in [-0.2, 0) is 0 Å². The molecule has 1 aromatic heterocycles. The van der Waals surface area contributed by atoms with Gasteiger partial charge in [0.05, 0.1) is 24.4 Å². The van der Waals surface area contributed by atoms with Crippen LogP contribution in [0.3, 0.4) is 0 Å². The molecule has 0 atom stereocenters. The fourth-order valence-corrected chi connectivity index (χ4v) is 1.40. The number of non-ortho nitro benzene ring substituents is 1. The summed E-state index contributed by atoms with van der Waals surface area (Å²) in [7, 11) is 1.37. The zero-order chi connectivity index (χ0) is 13.8. The Kier molecular flexibility index (Phi) is 3.46. The number of methoxy groups -OCH3 is 1. The quantitative estimate of drug-likeness (QED) is 0.364. The predicted octanol–water partition coefficient (Wildman–Crippen LogP) is 2.42. The van der Waals surface area contributed by atoms with Gasteiger partial charge < -0.3 is 13.9 Å². The van der Waals surface area contributed by atoms with Gasteiger partial charge in [-0.05, 0) is 18.2 Å². The zero-order valence-corrected chi connectivity index (χ0v) is 9.86. The molecule has 19 heavy (non-hydrogen) atoms. The van der Waals surface area contributed by atoms with Crippen LogP contribution in [0, 0.1) is 10.1 Å². The van der Waals surface area contributed by atoms with Crippen LogP contribution in [0.5, 0.6) is 11.5 Å². The SMILES string of the molecule is COc1ccc([N+](=O)[O-])cc1OC(=O)c1ccco1. The first kappa shape index (κ1) is 12.6. The van der Waals surface area contributed by atoms with Gasteiger partial charge in [-0.25, -0.2) is 4.79 Å². The summed E-state index contributed by atoms with van der Waals surface area (Å²) >= 11 is 0. The van der Waals surface area contributed by atoms with Crippen LogP contribution in [0.4, 0.5) is 5.69 Å². The summed E-state index contributed by atoms with van der Waals surface area (Å²) in [6, 6.07) is 6.67. The molecule has 1 heterocycles. The maximum absolute atomic E-state index is 11.7. The molecule has 0 aliphatic heterocycles. The van der Waals surface area contributed by atoms with Crippen molar-refractivity contribution >= 4 is 11.7 Å². The summed E-state index contributed by atoms with van der Waals surface area (Å²) in [5.41, 5.74) is -0.206. The normalized spacial score (nSPS) is 9.95. The number of carbonyl (C=O) groups excluding carboxylic acids is 1. The van der Waals surface area contributed by atoms with Crippen LogP contribution in [-0.4, -0.2) is 18.0 Å². The van der Waals surface area contributed by atoms with Crippen LogP contribution >= 0.6 is 0 Å². The molecular weight excluding hydrogens is 254 g/mol. The van der Waals surface area contributed by atoms with Crippen molar-refractivity contribution in [2.45, 2.75) is 0 Å². The first-order valence-corrected chi connectivity index (χ1v) is 5.20. The Morgan fingerprint density at radius 3 is 2.68 bits per heavy atom. The van der Waals surface area contributed by atoms with Gasteiger partial charge in [-0.15, -0.1) is 0 Å². The standard InChI is InChI=1S/C12H9NO6/c1-17-9-5-4-8(13(15)16)7-11(9)19-12(14)10-3-2-6-18-10/h2-7H,1H3. The molecule has 0 saturated carbocycles. The molecule has 7 heteroatoms. The van der Waals surface area contributed by atoms with Crippen molar-refractivity contribution in [3.05, 3.63) is 52.5 Å². The minimum absolute atomic E-state index is 0.00596. The summed E-state index contributed by atoms with van der Waals surface area (Å²) in [6.07, 6.45) is 1.32. The molecule has 0 N–H and O–H groups in total. The summed E-state index contributed by atoms with van der Waals surface area (Å²) in [5, 5.41) is 10.7. The number of ether oxygens (including phenoxy) is 2. The van der Waals surface area contributed by atoms with Gasteiger partial charge in [0.15, 0.2) is 11.5 Å². The molecule has 7 nitrogen and oxygen atoms in total. The van der Waals surface area contributed by atoms with E-state index in [4.69, 9.17) is 13.9 Å². The van der Waals surface area contributed by atoms with E-state index in [9.17, 15) is 14.9 Å². The molecule has 0 amide bonds. The van der Waals surface area contributed by atoms with Gasteiger partial charge in [0.2, 0.25) is 5.76 Å². The lowest BCUT2D eigenvalue weighted by Gasteiger charge is -2.07. The van der Waals surface area contributed by atoms with Crippen molar-refractivity contribution in [2.24, 2.45) is 0 Å². The molecule has 0 radical (unpaired) electrons. The Hall–Kier alpha value is -2.83. The van der Waals surface area contributed by atoms with Crippen molar-refractivity contribution in [3.8, 4) is 11.5 Å². The smallest absolute Gasteiger partial charge is 0.379 e. The maximum atomic E-state index is 11.7. The van der Waals surface area contributed by atoms with Crippen molar-refractivity contribution in [3.63, 3.8) is 0 Å². The Bertz CT molecular complexity index is 605. The average molecular weight is 263 g/mol. The van der Waals surface area contributed by atoms with E-state index in [2.05, 4.69) is 0 Å². The number of hydrogen-bond acceptors (Lipinski definition) is 6. The number of benzene rings is 1. The van der Waals surface area contributed by atoms with E-state index in [1.807, 2.05) is 0 Å². The zero-order valence-electron chi connectivity index (χ0n) is 9.86. The lowest BCUT2D eigenvalue weighted by molar-refractivity contribution is -0.384. The van der Waals surface area contributed by atoms with Gasteiger partial charge in [0.25, 0.3) is 5.69 Å². The molecule has 98 valence electrons. The molecule has 0 fully saturated rings. The molecule has 0 bridgehead atoms. The number of nitrogens with zero attached hydrogens (tertiary/aromatic N) is 1. The molecule has 0 aliphatic carbocycles. The second-order valence-corrected chi connectivity index (χ2v) is 3.46. The molecule has 2 rings (SSSR count). The summed E-state index contributed by atoms with van der Waals surface area (Å²) in [4.78, 5) is 21.8. The van der Waals surface area contributed by atoms with E-state index in [1.54, 1.807) is 0 Å². The highest BCUT2D eigenvalue weighted by Crippen LogP contribution is 2.31. The second-order valence-electron chi connectivity index (χ2n) is 3.46. The topological polar surface area (TPSA) is 91.8 Å². The maximum Gasteiger partial charge on any atom is 0.379 e. The third-order valence-corrected chi connectivity index (χ3v) is 2.28. The molecule has 0 unspecified atom stereocenters. The van der Waals surface area contributed by atoms with E-state index in [-0.39, 0.29) is 22.9 Å². The number of hydrogen-bond donors (Lipinski definition) is 0. The number of rotatable bonds is 4. The van der Waals surface area contributed by atoms with E-state index in [0.717, 1.165) is 6.07 Å². The van der Waals surface area contributed by atoms with Gasteiger partial charge >= 0.3 is 5.97 Å². The minimum Gasteiger partial charge on any atom is -0.493 e. The number of nitro groups is 1. The average Bonchev–Trinajstić information content (AvgIpc) is 2.92. The van der Waals surface area contributed by atoms with Gasteiger partial charge in [-0.1, -0.05) is 0 Å². The second kappa shape index (κ2) is 5.21. The van der Waals surface area contributed by atoms with Gasteiger partial charge in [0, 0.05) is 6.07 Å². The lowest BCUT2D eigenvalue weighted by Crippen LogP contribution is -2.08. The Balaban J connectivity index is 2.30. The highest BCUT2D eigenvalue weighted by atomic mass is 16.6. The highest BCUT2D eigenvalue weighted by Gasteiger charge is 2.18. The van der Waals surface area contributed by atoms with Gasteiger partial charge in [-0.3, -0.25) is 10.1 Å². The van der Waals surface area contributed by atoms with Crippen molar-refractivity contribution in [2.75, 3.05) is 7.11 Å². The summed E-state index contributed by atoms with van der Waals surface area (Å²) in [5.74, 6) is -0.596. The molecule has 1 aromatic carbocycles. The third kappa shape index (κ3) is 2.71. The van der Waals surface area contributed by atoms with Crippen LogP contribution in [0.25, 0.3) is 0 Å². The minimum atomic E-state index is -0.760. The Labute approximate surface area is 107 Å². The van der Waals surface area contributed by atoms with E-state index < -0.39 is 10.9 Å². The van der Waals surface area contributed by atoms with E-state index >= 15 is 0 Å². The first-order valence-electron chi connectivity index (χ1n) is 5.20. The fourth-order valence-electron chi connectivity index (χ4n) is 1.40. The Morgan fingerprint density at radius 1 is 1.32 bits per heavy atom. The molecule has 0 saturated heterocycles. The number of furan rings is 1. The summed E-state index contributed by atoms with van der Waals surface area (Å²) < 4.78 is 14.8. The fraction of sp³-hybridized carbons (Fsp3) is 0.0833. The molecule has 0 aliphatic rings. The number of carbonyl (C=O) groups is 1. The van der Waals surface area contributed by atoms with E-state index in [1.165, 1.54) is 37.6 Å². The first-order chi connectivity index (χ1) is 9.11. The van der Waals surface area contributed by atoms with E-state index in [0.29, 0.717) is 0 Å². The third-order valence-electron chi connectivity index (χ3n) is 2.28. The molecule has 2 aromatic rings. The lowest BCUT2D eigenvalue weighted by atomic mass is 10.3. The molecular formula is C12H9NO6. The van der Waals surface area contributed by atoms with Gasteiger partial charge in [-0.2, -0.15) is 0 Å². The largest absolute Gasteiger partial charge is 0.493 e. The van der Waals surface area contributed by atoms with Crippen molar-refractivity contribution in [1.82, 2.24) is 0 Å². The van der Waals surface area contributed by atoms with Crippen LogP contribution in [0.15, 0.2) is 41.0 Å².